The molecule has 0 spiro atoms. The van der Waals surface area contributed by atoms with Gasteiger partial charge in [-0.05, 0) is 54.4 Å². The number of pyridine rings is 1. The molecule has 1 amide bonds. The number of hydrogen-bond donors (Lipinski definition) is 2. The van der Waals surface area contributed by atoms with Gasteiger partial charge in [0.25, 0.3) is 0 Å². The molecule has 0 saturated carbocycles. The van der Waals surface area contributed by atoms with Crippen molar-refractivity contribution in [2.45, 2.75) is 39.5 Å². The molecule has 0 aliphatic rings. The molecular formula is C34H32F2N4O5. The van der Waals surface area contributed by atoms with Gasteiger partial charge in [-0.1, -0.05) is 30.3 Å². The van der Waals surface area contributed by atoms with Crippen LogP contribution in [0.4, 0.5) is 8.78 Å². The highest BCUT2D eigenvalue weighted by molar-refractivity contribution is 5.92. The molecule has 0 saturated heterocycles. The second-order valence-electron chi connectivity index (χ2n) is 10.7. The Morgan fingerprint density at radius 3 is 2.47 bits per heavy atom. The van der Waals surface area contributed by atoms with Crippen LogP contribution in [0.5, 0.6) is 5.88 Å². The van der Waals surface area contributed by atoms with Gasteiger partial charge in [0.2, 0.25) is 11.8 Å². The topological polar surface area (TPSA) is 116 Å². The molecule has 0 bridgehead atoms. The summed E-state index contributed by atoms with van der Waals surface area (Å²) in [5.74, 6) is -1.35. The van der Waals surface area contributed by atoms with Crippen LogP contribution < -0.4 is 10.1 Å². The number of halogens is 2. The molecule has 2 N–H and O–H groups in total. The van der Waals surface area contributed by atoms with Crippen LogP contribution in [-0.2, 0) is 29.1 Å². The monoisotopic (exact) mass is 614 g/mol. The van der Waals surface area contributed by atoms with E-state index in [9.17, 15) is 19.1 Å². The first kappa shape index (κ1) is 31.3. The van der Waals surface area contributed by atoms with Gasteiger partial charge in [0, 0.05) is 44.2 Å². The second kappa shape index (κ2) is 13.6. The number of aryl methyl sites for hydroxylation is 1. The number of aromatic nitrogens is 3. The molecule has 2 heterocycles. The van der Waals surface area contributed by atoms with Crippen LogP contribution in [0, 0.1) is 18.6 Å². The predicted molar refractivity (Wildman–Crippen MR) is 164 cm³/mol. The van der Waals surface area contributed by atoms with Crippen LogP contribution in [0.25, 0.3) is 22.3 Å². The van der Waals surface area contributed by atoms with Gasteiger partial charge >= 0.3 is 5.97 Å². The Bertz CT molecular complexity index is 1870. The average molecular weight is 615 g/mol. The maximum Gasteiger partial charge on any atom is 0.335 e. The third-order valence-electron chi connectivity index (χ3n) is 7.38. The van der Waals surface area contributed by atoms with Gasteiger partial charge in [-0.2, -0.15) is 0 Å². The second-order valence-corrected chi connectivity index (χ2v) is 10.7. The van der Waals surface area contributed by atoms with E-state index >= 15 is 4.39 Å². The van der Waals surface area contributed by atoms with Crippen molar-refractivity contribution in [3.63, 3.8) is 0 Å². The Hall–Kier alpha value is -5.16. The summed E-state index contributed by atoms with van der Waals surface area (Å²) in [6.45, 7) is 3.68. The van der Waals surface area contributed by atoms with Crippen LogP contribution in [0.2, 0.25) is 0 Å². The molecule has 232 valence electrons. The lowest BCUT2D eigenvalue weighted by molar-refractivity contribution is -0.119. The molecule has 45 heavy (non-hydrogen) atoms. The number of carboxylic acid groups (broad SMARTS) is 1. The minimum atomic E-state index is -1.08. The van der Waals surface area contributed by atoms with E-state index in [0.717, 1.165) is 5.56 Å². The number of carbonyl (C=O) groups excluding carboxylic acids is 1. The number of nitrogens with one attached hydrogen (secondary N) is 1. The first-order chi connectivity index (χ1) is 21.6. The number of carboxylic acids is 1. The SMILES string of the molecule is CO[C@@H](CNC(C)=O)Cn1c(Cc2ccc(-c3cccc(OCc4ccc(C)cc4F)n3)cc2F)nc2ccc(C(=O)O)cc21. The zero-order valence-electron chi connectivity index (χ0n) is 25.0. The first-order valence-electron chi connectivity index (χ1n) is 14.2. The molecule has 5 aromatic rings. The van der Waals surface area contributed by atoms with Crippen molar-refractivity contribution >= 4 is 22.9 Å². The van der Waals surface area contributed by atoms with E-state index in [-0.39, 0.29) is 49.3 Å². The summed E-state index contributed by atoms with van der Waals surface area (Å²) < 4.78 is 42.9. The fourth-order valence-electron chi connectivity index (χ4n) is 4.93. The van der Waals surface area contributed by atoms with Crippen LogP contribution in [-0.4, -0.2) is 51.3 Å². The van der Waals surface area contributed by atoms with Crippen molar-refractivity contribution < 1.29 is 33.0 Å². The summed E-state index contributed by atoms with van der Waals surface area (Å²) >= 11 is 0. The quantitative estimate of drug-likeness (QED) is 0.185. The number of benzene rings is 3. The highest BCUT2D eigenvalue weighted by Crippen LogP contribution is 2.26. The molecule has 0 aliphatic heterocycles. The Morgan fingerprint density at radius 2 is 1.76 bits per heavy atom. The summed E-state index contributed by atoms with van der Waals surface area (Å²) in [6, 6.07) is 19.4. The molecule has 0 radical (unpaired) electrons. The lowest BCUT2D eigenvalue weighted by Crippen LogP contribution is -2.34. The maximum absolute atomic E-state index is 15.6. The van der Waals surface area contributed by atoms with Crippen LogP contribution in [0.15, 0.2) is 72.8 Å². The molecule has 0 unspecified atom stereocenters. The highest BCUT2D eigenvalue weighted by Gasteiger charge is 2.19. The lowest BCUT2D eigenvalue weighted by atomic mass is 10.1. The number of rotatable bonds is 12. The van der Waals surface area contributed by atoms with Crippen molar-refractivity contribution in [2.75, 3.05) is 13.7 Å². The fourth-order valence-corrected chi connectivity index (χ4v) is 4.93. The number of imidazole rings is 1. The minimum Gasteiger partial charge on any atom is -0.478 e. The molecule has 0 aliphatic carbocycles. The van der Waals surface area contributed by atoms with Gasteiger partial charge in [0.1, 0.15) is 24.1 Å². The number of carbonyl (C=O) groups is 2. The maximum atomic E-state index is 15.6. The average Bonchev–Trinajstić information content (AvgIpc) is 3.35. The molecule has 2 aromatic heterocycles. The predicted octanol–water partition coefficient (Wildman–Crippen LogP) is 5.70. The Kier molecular flexibility index (Phi) is 9.48. The zero-order chi connectivity index (χ0) is 32.1. The number of aromatic carboxylic acids is 1. The van der Waals surface area contributed by atoms with E-state index in [2.05, 4.69) is 15.3 Å². The summed E-state index contributed by atoms with van der Waals surface area (Å²) in [7, 11) is 1.52. The number of fused-ring (bicyclic) bond motifs is 1. The largest absolute Gasteiger partial charge is 0.478 e. The molecule has 1 atom stereocenters. The van der Waals surface area contributed by atoms with E-state index in [0.29, 0.717) is 39.2 Å². The van der Waals surface area contributed by atoms with Gasteiger partial charge in [-0.25, -0.2) is 23.5 Å². The number of hydrogen-bond acceptors (Lipinski definition) is 6. The molecule has 9 nitrogen and oxygen atoms in total. The summed E-state index contributed by atoms with van der Waals surface area (Å²) in [5, 5.41) is 12.3. The first-order valence-corrected chi connectivity index (χ1v) is 14.2. The van der Waals surface area contributed by atoms with Crippen molar-refractivity contribution in [1.29, 1.82) is 0 Å². The minimum absolute atomic E-state index is 0.000429. The summed E-state index contributed by atoms with van der Waals surface area (Å²) in [4.78, 5) is 32.3. The number of amides is 1. The fraction of sp³-hybridized carbons (Fsp3) is 0.235. The number of nitrogens with zero attached hydrogens (tertiary/aromatic N) is 3. The van der Waals surface area contributed by atoms with E-state index in [4.69, 9.17) is 9.47 Å². The van der Waals surface area contributed by atoms with Gasteiger partial charge in [-0.3, -0.25) is 4.79 Å². The smallest absolute Gasteiger partial charge is 0.335 e. The molecular weight excluding hydrogens is 582 g/mol. The standard InChI is InChI=1S/C34H32F2N4O5/c1-20-7-8-25(27(35)13-20)19-45-33-6-4-5-29(39-33)23-10-9-22(28(36)14-23)16-32-38-30-12-11-24(34(42)43)15-31(30)40(32)18-26(44-3)17-37-21(2)41/h4-15,26H,16-19H2,1-3H3,(H,37,41)(H,42,43)/t26-/m0/s1. The van der Waals surface area contributed by atoms with E-state index in [1.807, 2.05) is 6.92 Å². The Labute approximate surface area is 258 Å². The molecule has 5 rings (SSSR count). The van der Waals surface area contributed by atoms with Gasteiger partial charge < -0.3 is 24.5 Å². The number of methoxy groups -OCH3 is 1. The van der Waals surface area contributed by atoms with Gasteiger partial charge in [-0.15, -0.1) is 0 Å². The highest BCUT2D eigenvalue weighted by atomic mass is 19.1. The lowest BCUT2D eigenvalue weighted by Gasteiger charge is -2.19. The van der Waals surface area contributed by atoms with E-state index < -0.39 is 17.9 Å². The Balaban J connectivity index is 1.40. The number of ether oxygens (including phenoxy) is 2. The molecule has 11 heteroatoms. The summed E-state index contributed by atoms with van der Waals surface area (Å²) in [6.07, 6.45) is -0.341. The van der Waals surface area contributed by atoms with Crippen molar-refractivity contribution in [2.24, 2.45) is 0 Å². The normalized spacial score (nSPS) is 11.8. The van der Waals surface area contributed by atoms with Gasteiger partial charge in [0.15, 0.2) is 0 Å². The van der Waals surface area contributed by atoms with Crippen LogP contribution in [0.1, 0.15) is 39.8 Å². The third kappa shape index (κ3) is 7.50. The van der Waals surface area contributed by atoms with Crippen LogP contribution in [0.3, 0.4) is 0 Å². The Morgan fingerprint density at radius 1 is 0.978 bits per heavy atom. The van der Waals surface area contributed by atoms with Crippen molar-refractivity contribution in [3.8, 4) is 17.1 Å². The summed E-state index contributed by atoms with van der Waals surface area (Å²) in [5.41, 5.74) is 3.78. The van der Waals surface area contributed by atoms with Crippen molar-refractivity contribution in [3.05, 3.63) is 113 Å². The molecule has 3 aromatic carbocycles. The van der Waals surface area contributed by atoms with Crippen LogP contribution >= 0.6 is 0 Å². The molecule has 0 fully saturated rings. The third-order valence-corrected chi connectivity index (χ3v) is 7.38. The van der Waals surface area contributed by atoms with Gasteiger partial charge in [0.05, 0.1) is 34.9 Å². The van der Waals surface area contributed by atoms with E-state index in [1.165, 1.54) is 38.3 Å². The van der Waals surface area contributed by atoms with Crippen molar-refractivity contribution in [1.82, 2.24) is 19.9 Å². The van der Waals surface area contributed by atoms with E-state index in [1.54, 1.807) is 53.1 Å². The zero-order valence-corrected chi connectivity index (χ0v) is 25.0.